The van der Waals surface area contributed by atoms with E-state index in [-0.39, 0.29) is 65.0 Å². The number of primary amides is 1. The molecule has 1 fully saturated rings. The summed E-state index contributed by atoms with van der Waals surface area (Å²) in [5.74, 6) is -4.09. The number of halogens is 2. The first-order valence-electron chi connectivity index (χ1n) is 29.7. The quantitative estimate of drug-likeness (QED) is 0.0154. The number of rotatable bonds is 27. The van der Waals surface area contributed by atoms with Crippen molar-refractivity contribution in [2.75, 3.05) is 24.7 Å². The molecule has 5 aromatic rings. The summed E-state index contributed by atoms with van der Waals surface area (Å²) in [7, 11) is -5.78. The second-order valence-electron chi connectivity index (χ2n) is 24.3. The van der Waals surface area contributed by atoms with Crippen LogP contribution in [-0.4, -0.2) is 122 Å². The Labute approximate surface area is 520 Å². The number of benzene rings is 4. The molecule has 8 rings (SSSR count). The summed E-state index contributed by atoms with van der Waals surface area (Å²) < 4.78 is 52.0. The van der Waals surface area contributed by atoms with Gasteiger partial charge in [-0.15, -0.1) is 11.3 Å². The zero-order valence-electron chi connectivity index (χ0n) is 50.7. The molecule has 0 spiro atoms. The number of thiazole rings is 1. The second kappa shape index (κ2) is 29.1. The highest BCUT2D eigenvalue weighted by molar-refractivity contribution is 7.52. The van der Waals surface area contributed by atoms with Crippen molar-refractivity contribution in [1.82, 2.24) is 25.8 Å². The summed E-state index contributed by atoms with van der Waals surface area (Å²) in [5, 5.41) is 19.4. The number of alkyl halides is 2. The summed E-state index contributed by atoms with van der Waals surface area (Å²) in [5.41, 5.74) is 9.00. The number of ether oxygens (including phenoxy) is 2. The number of aromatic nitrogens is 1. The monoisotopic (exact) mass is 1270 g/mol. The van der Waals surface area contributed by atoms with Gasteiger partial charge in [0.15, 0.2) is 5.78 Å². The van der Waals surface area contributed by atoms with Gasteiger partial charge in [0.1, 0.15) is 24.7 Å². The van der Waals surface area contributed by atoms with Gasteiger partial charge in [0.25, 0.3) is 0 Å². The Morgan fingerprint density at radius 2 is 1.58 bits per heavy atom. The first-order chi connectivity index (χ1) is 42.1. The van der Waals surface area contributed by atoms with Gasteiger partial charge in [-0.2, -0.15) is 8.78 Å². The van der Waals surface area contributed by atoms with Gasteiger partial charge in [-0.25, -0.2) is 4.98 Å². The van der Waals surface area contributed by atoms with Crippen LogP contribution in [-0.2, 0) is 85.7 Å². The minimum Gasteiger partial charge on any atom is -0.391 e. The number of anilines is 1. The smallest absolute Gasteiger partial charge is 0.391 e. The number of aliphatic hydroxyl groups is 1. The van der Waals surface area contributed by atoms with Crippen LogP contribution in [0.25, 0.3) is 16.0 Å². The number of nitrogens with zero attached hydrogens (tertiary/aromatic N) is 3. The lowest BCUT2D eigenvalue weighted by atomic mass is 9.85. The number of nitrogens with one attached hydrogen (secondary N) is 3. The molecule has 7 atom stereocenters. The van der Waals surface area contributed by atoms with Gasteiger partial charge >= 0.3 is 13.3 Å². The van der Waals surface area contributed by atoms with E-state index in [1.165, 1.54) is 28.0 Å². The molecule has 24 heteroatoms. The summed E-state index contributed by atoms with van der Waals surface area (Å²) >= 11 is 1.55. The van der Waals surface area contributed by atoms with Gasteiger partial charge in [-0.1, -0.05) is 112 Å². The van der Waals surface area contributed by atoms with E-state index in [1.807, 2.05) is 94.4 Å². The third-order valence-corrected chi connectivity index (χ3v) is 18.5. The van der Waals surface area contributed by atoms with Crippen LogP contribution in [0.5, 0.6) is 0 Å². The summed E-state index contributed by atoms with van der Waals surface area (Å²) in [6.45, 7) is 11.0. The second-order valence-corrected chi connectivity index (χ2v) is 26.8. The number of hydrogen-bond donors (Lipinski definition) is 7. The minimum absolute atomic E-state index is 0.0541. The molecule has 6 amide bonds. The van der Waals surface area contributed by atoms with Crippen LogP contribution >= 0.6 is 18.9 Å². The van der Waals surface area contributed by atoms with Gasteiger partial charge in [-0.3, -0.25) is 43.0 Å². The van der Waals surface area contributed by atoms with E-state index in [1.54, 1.807) is 30.7 Å². The Morgan fingerprint density at radius 1 is 0.910 bits per heavy atom. The van der Waals surface area contributed by atoms with Crippen molar-refractivity contribution in [3.63, 3.8) is 0 Å². The summed E-state index contributed by atoms with van der Waals surface area (Å²) in [4.78, 5) is 122. The van der Waals surface area contributed by atoms with E-state index >= 15 is 0 Å². The van der Waals surface area contributed by atoms with Crippen molar-refractivity contribution in [2.24, 2.45) is 17.1 Å². The van der Waals surface area contributed by atoms with E-state index < -0.39 is 108 Å². The number of likely N-dealkylation sites (tertiary alicyclic amines) is 1. The molecular formula is C65H78F2N7O13PS. The number of allylic oxidation sites excluding steroid dienone is 2. The molecule has 0 saturated carbocycles. The van der Waals surface area contributed by atoms with Gasteiger partial charge in [-0.05, 0) is 109 Å². The van der Waals surface area contributed by atoms with Crippen molar-refractivity contribution >= 4 is 71.4 Å². The topological polar surface area (TPSA) is 297 Å². The van der Waals surface area contributed by atoms with Crippen molar-refractivity contribution < 1.29 is 71.3 Å². The number of carbonyl (C=O) groups excluding carboxylic acids is 7. The highest BCUT2D eigenvalue weighted by Crippen LogP contribution is 2.59. The molecule has 4 aromatic carbocycles. The fraction of sp³-hybridized carbons (Fsp3) is 0.446. The molecule has 1 aromatic heterocycles. The largest absolute Gasteiger partial charge is 0.399 e. The van der Waals surface area contributed by atoms with Crippen molar-refractivity contribution in [2.45, 2.75) is 155 Å². The van der Waals surface area contributed by atoms with Crippen molar-refractivity contribution in [1.29, 1.82) is 0 Å². The zero-order valence-corrected chi connectivity index (χ0v) is 52.4. The fourth-order valence-corrected chi connectivity index (χ4v) is 12.8. The predicted molar refractivity (Wildman–Crippen MR) is 331 cm³/mol. The minimum atomic E-state index is -5.78. The molecule has 89 heavy (non-hydrogen) atoms. The van der Waals surface area contributed by atoms with E-state index in [0.717, 1.165) is 56.1 Å². The van der Waals surface area contributed by atoms with Gasteiger partial charge in [0, 0.05) is 56.9 Å². The van der Waals surface area contributed by atoms with Gasteiger partial charge in [0.2, 0.25) is 35.4 Å². The number of nitrogens with two attached hydrogens (primary N) is 1. The molecule has 3 aliphatic rings. The Kier molecular flexibility index (Phi) is 22.1. The van der Waals surface area contributed by atoms with Crippen LogP contribution in [0.3, 0.4) is 0 Å². The van der Waals surface area contributed by atoms with Crippen LogP contribution in [0.4, 0.5) is 14.5 Å². The lowest BCUT2D eigenvalue weighted by molar-refractivity contribution is -0.144. The lowest BCUT2D eigenvalue weighted by Gasteiger charge is -2.35. The number of aliphatic hydroxyl groups excluding tert-OH is 1. The molecule has 4 heterocycles. The molecule has 0 radical (unpaired) electrons. The maximum Gasteiger partial charge on any atom is 0.399 e. The maximum absolute atomic E-state index is 14.5. The van der Waals surface area contributed by atoms with E-state index in [0.29, 0.717) is 42.5 Å². The molecule has 476 valence electrons. The highest BCUT2D eigenvalue weighted by atomic mass is 32.1. The number of β-amino-alcohol motifs (C(OH)–C–C–N with tert-alkyl or cyclic N) is 1. The molecule has 3 aliphatic heterocycles. The van der Waals surface area contributed by atoms with Crippen molar-refractivity contribution in [3.05, 3.63) is 147 Å². The average Bonchev–Trinajstić information content (AvgIpc) is 1.72. The molecule has 0 bridgehead atoms. The van der Waals surface area contributed by atoms with Crippen LogP contribution < -0.4 is 26.6 Å². The lowest BCUT2D eigenvalue weighted by Crippen LogP contribution is -2.58. The van der Waals surface area contributed by atoms with Crippen LogP contribution in [0.1, 0.15) is 118 Å². The van der Waals surface area contributed by atoms with Crippen LogP contribution in [0, 0.1) is 18.3 Å². The van der Waals surface area contributed by atoms with Crippen LogP contribution in [0.2, 0.25) is 0 Å². The molecular weight excluding hydrogens is 1190 g/mol. The molecule has 1 saturated heterocycles. The highest BCUT2D eigenvalue weighted by Gasteiger charge is 2.51. The molecule has 0 unspecified atom stereocenters. The summed E-state index contributed by atoms with van der Waals surface area (Å²) in [6.07, 6.45) is 1.85. The van der Waals surface area contributed by atoms with Crippen LogP contribution in [0.15, 0.2) is 103 Å². The first kappa shape index (κ1) is 67.6. The molecule has 8 N–H and O–H groups in total. The number of aryl methyl sites for hydroxylation is 3. The van der Waals surface area contributed by atoms with Crippen molar-refractivity contribution in [3.8, 4) is 10.4 Å². The fourth-order valence-electron chi connectivity index (χ4n) is 11.5. The zero-order chi connectivity index (χ0) is 64.5. The average molecular weight is 1270 g/mol. The number of ketones is 1. The van der Waals surface area contributed by atoms with Gasteiger partial charge in [0.05, 0.1) is 46.6 Å². The predicted octanol–water partition coefficient (Wildman–Crippen LogP) is 7.34. The Bertz CT molecular complexity index is 3480. The van der Waals surface area contributed by atoms with Gasteiger partial charge < -0.3 is 51.0 Å². The number of para-hydroxylation sites is 1. The standard InChI is InChI=1S/C65H78F2N7O13PS/c1-38(44-22-24-49(25-23-44)65(66,67)88(83,84)85)29-50(75)30-48-21-20-45-10-7-11-47-31-54(74(57(45)47)62(48)81)61(80)71-52(26-27-55(68)77)40(3)87-35-43-14-12-41(13-15-43)9-8-28-86-36-56(78)72-59(64(4,5)6)63(82)73-34-51(76)32-53(73)60(79)69-33-42-16-18-46(19-17-42)58-39(2)70-37-89-58/h7,10-19,22-25,29,37,40,48,51-54,59,76H,8-9,20-21,26-28,30-36H2,1-6H3,(H2,68,77)(H,69,79)(H,71,80)(H,72,78)(H2,83,84,85)/b38-29+/t40-,48-,51-,52+,53+,54+,59-/m1/s1. The number of amides is 6. The summed E-state index contributed by atoms with van der Waals surface area (Å²) in [6, 6.07) is 21.7. The molecule has 0 aliphatic carbocycles. The third-order valence-electron chi connectivity index (χ3n) is 16.5. The SMILES string of the molecule is C/C(=C\C(=O)C[C@H]1CCc2cccc3c2N(C1=O)[C@H](C(=O)N[C@@H](CCC(N)=O)[C@@H](C)OCc1ccc(CCCOCC(=O)N[C@H](C(=O)N2C[C@H](O)C[C@H]2C(=O)NCc2ccc(-c4scnc4C)cc2)C(C)(C)C)cc1)C3)c1ccc(C(F)(F)P(=O)(O)O)cc1. The Hall–Kier alpha value is -7.37. The Morgan fingerprint density at radius 3 is 2.24 bits per heavy atom. The normalized spacial score (nSPS) is 18.8. The maximum atomic E-state index is 14.5. The van der Waals surface area contributed by atoms with E-state index in [4.69, 9.17) is 25.0 Å². The molecule has 20 nitrogen and oxygen atoms in total. The number of carbonyl (C=O) groups is 7. The van der Waals surface area contributed by atoms with E-state index in [2.05, 4.69) is 20.9 Å². The number of hydrogen-bond acceptors (Lipinski definition) is 13. The third kappa shape index (κ3) is 16.9. The Balaban J connectivity index is 0.795. The first-order valence-corrected chi connectivity index (χ1v) is 32.2. The van der Waals surface area contributed by atoms with E-state index in [9.17, 15) is 52.0 Å².